The van der Waals surface area contributed by atoms with Gasteiger partial charge < -0.3 is 14.6 Å². The molecule has 0 amide bonds. The summed E-state index contributed by atoms with van der Waals surface area (Å²) < 4.78 is 10.9. The van der Waals surface area contributed by atoms with Crippen LogP contribution in [-0.4, -0.2) is 36.5 Å². The Morgan fingerprint density at radius 2 is 1.90 bits per heavy atom. The Hall–Kier alpha value is -0.710. The molecule has 0 aromatic heterocycles. The van der Waals surface area contributed by atoms with Gasteiger partial charge in [-0.2, -0.15) is 0 Å². The van der Waals surface area contributed by atoms with Crippen molar-refractivity contribution in [1.82, 2.24) is 0 Å². The Balaban J connectivity index is 2.28. The fourth-order valence-electron chi connectivity index (χ4n) is 2.46. The average molecular weight is 298 g/mol. The van der Waals surface area contributed by atoms with Crippen LogP contribution in [0.1, 0.15) is 53.4 Å². The van der Waals surface area contributed by atoms with Crippen molar-refractivity contribution in [3.63, 3.8) is 0 Å². The van der Waals surface area contributed by atoms with Gasteiger partial charge in [-0.3, -0.25) is 4.79 Å². The monoisotopic (exact) mass is 298 g/mol. The lowest BCUT2D eigenvalue weighted by molar-refractivity contribution is -0.126. The zero-order valence-corrected chi connectivity index (χ0v) is 13.8. The van der Waals surface area contributed by atoms with Crippen LogP contribution >= 0.6 is 0 Å². The molecule has 1 rings (SSSR count). The summed E-state index contributed by atoms with van der Waals surface area (Å²) in [7, 11) is 0. The number of aliphatic hydroxyl groups excluding tert-OH is 1. The second-order valence-electron chi connectivity index (χ2n) is 6.50. The minimum atomic E-state index is -0.941. The van der Waals surface area contributed by atoms with E-state index in [-0.39, 0.29) is 18.0 Å². The SMILES string of the molecule is C/C(=C\CC[C@@H](C)CC1OCCO1)[C@@H](O)C(=O)CC(C)C. The molecule has 1 saturated heterocycles. The molecule has 0 bridgehead atoms. The van der Waals surface area contributed by atoms with Crippen LogP contribution in [0.3, 0.4) is 0 Å². The Kier molecular flexibility index (Phi) is 8.15. The maximum atomic E-state index is 11.8. The molecule has 0 aliphatic carbocycles. The second-order valence-corrected chi connectivity index (χ2v) is 6.50. The molecule has 0 radical (unpaired) electrons. The molecule has 0 aromatic rings. The number of ketones is 1. The number of aliphatic hydroxyl groups is 1. The second kappa shape index (κ2) is 9.34. The van der Waals surface area contributed by atoms with Crippen LogP contribution in [0.15, 0.2) is 11.6 Å². The number of carbonyl (C=O) groups excluding carboxylic acids is 1. The van der Waals surface area contributed by atoms with Crippen molar-refractivity contribution in [2.75, 3.05) is 13.2 Å². The van der Waals surface area contributed by atoms with Crippen LogP contribution in [0.2, 0.25) is 0 Å². The summed E-state index contributed by atoms with van der Waals surface area (Å²) in [6.45, 7) is 9.36. The Morgan fingerprint density at radius 1 is 1.29 bits per heavy atom. The summed E-state index contributed by atoms with van der Waals surface area (Å²) in [6.07, 6.45) is 4.20. The van der Waals surface area contributed by atoms with E-state index >= 15 is 0 Å². The Bertz CT molecular complexity index is 343. The molecular formula is C17H30O4. The lowest BCUT2D eigenvalue weighted by Crippen LogP contribution is -2.23. The van der Waals surface area contributed by atoms with Gasteiger partial charge in [-0.05, 0) is 37.2 Å². The topological polar surface area (TPSA) is 55.8 Å². The third kappa shape index (κ3) is 7.21. The van der Waals surface area contributed by atoms with Gasteiger partial charge in [0.05, 0.1) is 13.2 Å². The minimum Gasteiger partial charge on any atom is -0.381 e. The molecule has 1 fully saturated rings. The van der Waals surface area contributed by atoms with Gasteiger partial charge in [0.25, 0.3) is 0 Å². The molecule has 122 valence electrons. The molecule has 1 aliphatic heterocycles. The number of hydrogen-bond acceptors (Lipinski definition) is 4. The van der Waals surface area contributed by atoms with Crippen molar-refractivity contribution in [1.29, 1.82) is 0 Å². The van der Waals surface area contributed by atoms with Gasteiger partial charge in [-0.25, -0.2) is 0 Å². The van der Waals surface area contributed by atoms with Crippen LogP contribution < -0.4 is 0 Å². The van der Waals surface area contributed by atoms with Crippen LogP contribution in [-0.2, 0) is 14.3 Å². The summed E-state index contributed by atoms with van der Waals surface area (Å²) >= 11 is 0. The molecular weight excluding hydrogens is 268 g/mol. The van der Waals surface area contributed by atoms with Gasteiger partial charge in [0, 0.05) is 12.8 Å². The van der Waals surface area contributed by atoms with E-state index < -0.39 is 6.10 Å². The van der Waals surface area contributed by atoms with Crippen LogP contribution in [0.25, 0.3) is 0 Å². The predicted molar refractivity (Wildman–Crippen MR) is 82.9 cm³/mol. The van der Waals surface area contributed by atoms with Gasteiger partial charge in [0.15, 0.2) is 12.1 Å². The van der Waals surface area contributed by atoms with Gasteiger partial charge in [-0.1, -0.05) is 26.8 Å². The van der Waals surface area contributed by atoms with Crippen molar-refractivity contribution in [3.05, 3.63) is 11.6 Å². The van der Waals surface area contributed by atoms with E-state index in [0.717, 1.165) is 24.8 Å². The van der Waals surface area contributed by atoms with Crippen LogP contribution in [0.5, 0.6) is 0 Å². The number of rotatable bonds is 9. The highest BCUT2D eigenvalue weighted by molar-refractivity contribution is 5.85. The summed E-state index contributed by atoms with van der Waals surface area (Å²) in [4.78, 5) is 11.8. The predicted octanol–water partition coefficient (Wildman–Crippen LogP) is 3.09. The van der Waals surface area contributed by atoms with E-state index in [2.05, 4.69) is 6.92 Å². The molecule has 0 unspecified atom stereocenters. The molecule has 0 saturated carbocycles. The van der Waals surface area contributed by atoms with Crippen molar-refractivity contribution in [2.24, 2.45) is 11.8 Å². The first-order chi connectivity index (χ1) is 9.90. The first kappa shape index (κ1) is 18.3. The molecule has 1 N–H and O–H groups in total. The van der Waals surface area contributed by atoms with E-state index in [4.69, 9.17) is 9.47 Å². The number of carbonyl (C=O) groups is 1. The minimum absolute atomic E-state index is 0.0525. The van der Waals surface area contributed by atoms with Gasteiger partial charge in [0.1, 0.15) is 6.10 Å². The molecule has 0 spiro atoms. The molecule has 4 heteroatoms. The van der Waals surface area contributed by atoms with Crippen LogP contribution in [0, 0.1) is 11.8 Å². The number of Topliss-reactive ketones (excluding diaryl/α,β-unsaturated/α-hetero) is 1. The summed E-state index contributed by atoms with van der Waals surface area (Å²) in [6, 6.07) is 0. The van der Waals surface area contributed by atoms with E-state index in [1.807, 2.05) is 26.8 Å². The summed E-state index contributed by atoms with van der Waals surface area (Å²) in [5, 5.41) is 9.97. The summed E-state index contributed by atoms with van der Waals surface area (Å²) in [5.74, 6) is 0.701. The third-order valence-electron chi connectivity index (χ3n) is 3.76. The van der Waals surface area contributed by atoms with Gasteiger partial charge in [0.2, 0.25) is 0 Å². The maximum absolute atomic E-state index is 11.8. The molecule has 0 aromatic carbocycles. The van der Waals surface area contributed by atoms with Crippen molar-refractivity contribution in [2.45, 2.75) is 65.8 Å². The Morgan fingerprint density at radius 3 is 2.48 bits per heavy atom. The molecule has 2 atom stereocenters. The van der Waals surface area contributed by atoms with Gasteiger partial charge in [-0.15, -0.1) is 0 Å². The quantitative estimate of drug-likeness (QED) is 0.665. The first-order valence-electron chi connectivity index (χ1n) is 8.00. The normalized spacial score (nSPS) is 20.0. The number of hydrogen-bond donors (Lipinski definition) is 1. The highest BCUT2D eigenvalue weighted by Crippen LogP contribution is 2.19. The first-order valence-corrected chi connectivity index (χ1v) is 8.00. The van der Waals surface area contributed by atoms with E-state index in [1.165, 1.54) is 0 Å². The Labute approximate surface area is 128 Å². The third-order valence-corrected chi connectivity index (χ3v) is 3.76. The number of ether oxygens (including phenoxy) is 2. The van der Waals surface area contributed by atoms with E-state index in [1.54, 1.807) is 0 Å². The highest BCUT2D eigenvalue weighted by atomic mass is 16.7. The van der Waals surface area contributed by atoms with Gasteiger partial charge >= 0.3 is 0 Å². The molecule has 1 aliphatic rings. The summed E-state index contributed by atoms with van der Waals surface area (Å²) in [5.41, 5.74) is 0.765. The van der Waals surface area contributed by atoms with Crippen molar-refractivity contribution >= 4 is 5.78 Å². The van der Waals surface area contributed by atoms with E-state index in [0.29, 0.717) is 25.6 Å². The molecule has 21 heavy (non-hydrogen) atoms. The molecule has 4 nitrogen and oxygen atoms in total. The highest BCUT2D eigenvalue weighted by Gasteiger charge is 2.19. The van der Waals surface area contributed by atoms with Crippen molar-refractivity contribution < 1.29 is 19.4 Å². The average Bonchev–Trinajstić information content (AvgIpc) is 2.89. The maximum Gasteiger partial charge on any atom is 0.165 e. The molecule has 1 heterocycles. The smallest absolute Gasteiger partial charge is 0.165 e. The van der Waals surface area contributed by atoms with E-state index in [9.17, 15) is 9.90 Å². The fraction of sp³-hybridized carbons (Fsp3) is 0.824. The standard InChI is InChI=1S/C17H30O4/c1-12(2)10-15(18)17(19)14(4)7-5-6-13(3)11-16-20-8-9-21-16/h7,12-13,16-17,19H,5-6,8-11H2,1-4H3/b14-7+/t13-,17-/m1/s1. The zero-order chi connectivity index (χ0) is 15.8. The lowest BCUT2D eigenvalue weighted by atomic mass is 9.96. The van der Waals surface area contributed by atoms with Crippen LogP contribution in [0.4, 0.5) is 0 Å². The fourth-order valence-corrected chi connectivity index (χ4v) is 2.46. The lowest BCUT2D eigenvalue weighted by Gasteiger charge is -2.15. The zero-order valence-electron chi connectivity index (χ0n) is 13.8. The largest absolute Gasteiger partial charge is 0.381 e. The number of allylic oxidation sites excluding steroid dienone is 1. The van der Waals surface area contributed by atoms with Crippen molar-refractivity contribution in [3.8, 4) is 0 Å².